The summed E-state index contributed by atoms with van der Waals surface area (Å²) in [6.07, 6.45) is 2.25. The molecule has 0 heterocycles. The third kappa shape index (κ3) is 2.52. The fourth-order valence-electron chi connectivity index (χ4n) is 2.38. The number of hydrogen-bond donors (Lipinski definition) is 1. The van der Waals surface area contributed by atoms with Gasteiger partial charge >= 0.3 is 0 Å². The lowest BCUT2D eigenvalue weighted by atomic mass is 9.82. The van der Waals surface area contributed by atoms with Crippen LogP contribution in [0.25, 0.3) is 0 Å². The highest BCUT2D eigenvalue weighted by Crippen LogP contribution is 2.30. The molecule has 94 valence electrons. The highest BCUT2D eigenvalue weighted by molar-refractivity contribution is 5.78. The highest BCUT2D eigenvalue weighted by Gasteiger charge is 2.28. The van der Waals surface area contributed by atoms with Crippen molar-refractivity contribution in [3.05, 3.63) is 29.3 Å². The Hall–Kier alpha value is -1.86. The third-order valence-electron chi connectivity index (χ3n) is 3.43. The molecule has 0 amide bonds. The Morgan fingerprint density at radius 1 is 1.56 bits per heavy atom. The molecular weight excluding hydrogens is 228 g/mol. The van der Waals surface area contributed by atoms with E-state index in [0.717, 1.165) is 31.4 Å². The van der Waals surface area contributed by atoms with Crippen molar-refractivity contribution >= 4 is 12.0 Å². The molecular formula is C14H16N2O2. The van der Waals surface area contributed by atoms with Gasteiger partial charge in [-0.3, -0.25) is 4.79 Å². The summed E-state index contributed by atoms with van der Waals surface area (Å²) in [6, 6.07) is 7.25. The van der Waals surface area contributed by atoms with Crippen molar-refractivity contribution in [3.8, 4) is 6.07 Å². The number of anilines is 1. The van der Waals surface area contributed by atoms with Gasteiger partial charge in [0.2, 0.25) is 0 Å². The molecule has 4 nitrogen and oxygen atoms in total. The van der Waals surface area contributed by atoms with E-state index in [-0.39, 0.29) is 6.10 Å². The lowest BCUT2D eigenvalue weighted by molar-refractivity contribution is 0.0465. The molecule has 0 atom stereocenters. The Morgan fingerprint density at radius 2 is 2.28 bits per heavy atom. The van der Waals surface area contributed by atoms with Gasteiger partial charge in [0.05, 0.1) is 17.4 Å². The number of aliphatic hydroxyl groups excluding tert-OH is 1. The van der Waals surface area contributed by atoms with Gasteiger partial charge in [-0.1, -0.05) is 0 Å². The Balaban J connectivity index is 2.12. The quantitative estimate of drug-likeness (QED) is 0.817. The molecule has 1 fully saturated rings. The number of nitrogens with zero attached hydrogens (tertiary/aromatic N) is 2. The summed E-state index contributed by atoms with van der Waals surface area (Å²) in [5.74, 6) is 0.488. The normalized spacial score (nSPS) is 21.8. The molecule has 0 aliphatic heterocycles. The second-order valence-corrected chi connectivity index (χ2v) is 4.88. The van der Waals surface area contributed by atoms with Crippen molar-refractivity contribution in [2.75, 3.05) is 18.5 Å². The topological polar surface area (TPSA) is 64.3 Å². The predicted molar refractivity (Wildman–Crippen MR) is 68.5 cm³/mol. The van der Waals surface area contributed by atoms with E-state index in [1.54, 1.807) is 18.2 Å². The van der Waals surface area contributed by atoms with Crippen LogP contribution in [0.4, 0.5) is 5.69 Å². The molecule has 0 bridgehead atoms. The average Bonchev–Trinajstić information content (AvgIpc) is 2.36. The number of aldehydes is 1. The van der Waals surface area contributed by atoms with Gasteiger partial charge in [-0.2, -0.15) is 5.26 Å². The number of rotatable bonds is 4. The highest BCUT2D eigenvalue weighted by atomic mass is 16.3. The first-order valence-electron chi connectivity index (χ1n) is 6.02. The molecule has 1 aromatic rings. The van der Waals surface area contributed by atoms with E-state index in [1.807, 2.05) is 11.9 Å². The molecule has 1 aromatic carbocycles. The van der Waals surface area contributed by atoms with Crippen molar-refractivity contribution in [1.29, 1.82) is 5.26 Å². The van der Waals surface area contributed by atoms with Gasteiger partial charge in [0.1, 0.15) is 12.4 Å². The van der Waals surface area contributed by atoms with Crippen LogP contribution in [-0.4, -0.2) is 31.1 Å². The number of nitriles is 1. The van der Waals surface area contributed by atoms with Crippen LogP contribution in [0.2, 0.25) is 0 Å². The van der Waals surface area contributed by atoms with Crippen molar-refractivity contribution in [2.45, 2.75) is 18.9 Å². The van der Waals surface area contributed by atoms with Crippen LogP contribution in [0.15, 0.2) is 18.2 Å². The van der Waals surface area contributed by atoms with Crippen molar-refractivity contribution in [3.63, 3.8) is 0 Å². The molecule has 1 aliphatic carbocycles. The summed E-state index contributed by atoms with van der Waals surface area (Å²) >= 11 is 0. The first-order chi connectivity index (χ1) is 8.63. The fraction of sp³-hybridized carbons (Fsp3) is 0.429. The molecule has 0 unspecified atom stereocenters. The lowest BCUT2D eigenvalue weighted by Crippen LogP contribution is -2.37. The van der Waals surface area contributed by atoms with Gasteiger partial charge in [-0.15, -0.1) is 0 Å². The van der Waals surface area contributed by atoms with Crippen molar-refractivity contribution < 1.29 is 9.90 Å². The standard InChI is InChI=1S/C14H16N2O2/c1-16(8-11-5-13(18)6-11)14-3-2-10(9-17)4-12(14)7-15/h2-4,9,11,13,18H,5-6,8H2,1H3. The minimum Gasteiger partial charge on any atom is -0.393 e. The Bertz CT molecular complexity index is 487. The lowest BCUT2D eigenvalue weighted by Gasteiger charge is -2.35. The maximum Gasteiger partial charge on any atom is 0.150 e. The van der Waals surface area contributed by atoms with E-state index in [1.165, 1.54) is 0 Å². The van der Waals surface area contributed by atoms with E-state index >= 15 is 0 Å². The van der Waals surface area contributed by atoms with Crippen LogP contribution in [0.1, 0.15) is 28.8 Å². The molecule has 1 aliphatic rings. The zero-order valence-electron chi connectivity index (χ0n) is 10.3. The van der Waals surface area contributed by atoms with E-state index in [4.69, 9.17) is 5.26 Å². The molecule has 1 N–H and O–H groups in total. The summed E-state index contributed by atoms with van der Waals surface area (Å²) in [5.41, 5.74) is 1.87. The van der Waals surface area contributed by atoms with Gasteiger partial charge in [-0.05, 0) is 37.0 Å². The molecule has 2 rings (SSSR count). The first-order valence-corrected chi connectivity index (χ1v) is 6.02. The maximum atomic E-state index is 10.7. The zero-order chi connectivity index (χ0) is 13.1. The summed E-state index contributed by atoms with van der Waals surface area (Å²) in [7, 11) is 1.93. The van der Waals surface area contributed by atoms with E-state index in [9.17, 15) is 9.90 Å². The maximum absolute atomic E-state index is 10.7. The Kier molecular flexibility index (Phi) is 3.63. The first kappa shape index (κ1) is 12.6. The van der Waals surface area contributed by atoms with Crippen molar-refractivity contribution in [2.24, 2.45) is 5.92 Å². The summed E-state index contributed by atoms with van der Waals surface area (Å²) in [6.45, 7) is 0.826. The smallest absolute Gasteiger partial charge is 0.150 e. The molecule has 0 spiro atoms. The number of hydrogen-bond acceptors (Lipinski definition) is 4. The van der Waals surface area contributed by atoms with Crippen LogP contribution in [-0.2, 0) is 0 Å². The summed E-state index contributed by atoms with van der Waals surface area (Å²) in [4.78, 5) is 12.7. The van der Waals surface area contributed by atoms with E-state index in [0.29, 0.717) is 17.0 Å². The minimum atomic E-state index is -0.156. The predicted octanol–water partition coefficient (Wildman–Crippen LogP) is 1.58. The SMILES string of the molecule is CN(CC1CC(O)C1)c1ccc(C=O)cc1C#N. The van der Waals surface area contributed by atoms with Crippen molar-refractivity contribution in [1.82, 2.24) is 0 Å². The number of benzene rings is 1. The number of carbonyl (C=O) groups excluding carboxylic acids is 1. The molecule has 18 heavy (non-hydrogen) atoms. The van der Waals surface area contributed by atoms with Crippen LogP contribution in [0.5, 0.6) is 0 Å². The molecule has 1 saturated carbocycles. The number of aliphatic hydroxyl groups is 1. The molecule has 4 heteroatoms. The Morgan fingerprint density at radius 3 is 2.83 bits per heavy atom. The van der Waals surface area contributed by atoms with Crippen LogP contribution in [0, 0.1) is 17.2 Å². The Labute approximate surface area is 106 Å². The summed E-state index contributed by atoms with van der Waals surface area (Å²) in [5, 5.41) is 18.4. The largest absolute Gasteiger partial charge is 0.393 e. The fourth-order valence-corrected chi connectivity index (χ4v) is 2.38. The van der Waals surface area contributed by atoms with Crippen LogP contribution in [0.3, 0.4) is 0 Å². The van der Waals surface area contributed by atoms with Gasteiger partial charge in [0.25, 0.3) is 0 Å². The molecule has 0 saturated heterocycles. The summed E-state index contributed by atoms with van der Waals surface area (Å²) < 4.78 is 0. The number of carbonyl (C=O) groups is 1. The van der Waals surface area contributed by atoms with E-state index in [2.05, 4.69) is 6.07 Å². The third-order valence-corrected chi connectivity index (χ3v) is 3.43. The second-order valence-electron chi connectivity index (χ2n) is 4.88. The zero-order valence-corrected chi connectivity index (χ0v) is 10.3. The monoisotopic (exact) mass is 244 g/mol. The second kappa shape index (κ2) is 5.19. The van der Waals surface area contributed by atoms with Gasteiger partial charge in [0, 0.05) is 19.2 Å². The minimum absolute atomic E-state index is 0.156. The van der Waals surface area contributed by atoms with Crippen LogP contribution >= 0.6 is 0 Å². The molecule has 0 radical (unpaired) electrons. The van der Waals surface area contributed by atoms with Gasteiger partial charge in [-0.25, -0.2) is 0 Å². The van der Waals surface area contributed by atoms with Crippen LogP contribution < -0.4 is 4.90 Å². The molecule has 0 aromatic heterocycles. The average molecular weight is 244 g/mol. The van der Waals surface area contributed by atoms with Gasteiger partial charge < -0.3 is 10.0 Å². The van der Waals surface area contributed by atoms with Gasteiger partial charge in [0.15, 0.2) is 0 Å². The van der Waals surface area contributed by atoms with E-state index < -0.39 is 0 Å².